The summed E-state index contributed by atoms with van der Waals surface area (Å²) in [4.78, 5) is 13.7. The standard InChI is InChI=1S/C28H20F9NO4S/c1-14-24(19-6-4-7-20(27(32,33)34)23(19)28(35,36)37)42-25(39)38(14)13-16-11-17(26(29,30)31)9-10-18(16)22-12-15-5-2-3-8-21(15)43(22,40)41/h2-12,14,24,40-41H,13H2,1H3/t14-,24-/m0/s1. The fourth-order valence-corrected chi connectivity index (χ4v) is 7.01. The van der Waals surface area contributed by atoms with Gasteiger partial charge in [-0.25, -0.2) is 4.79 Å². The zero-order chi connectivity index (χ0) is 31.7. The molecule has 3 aromatic rings. The Morgan fingerprint density at radius 2 is 1.53 bits per heavy atom. The molecule has 2 aliphatic rings. The predicted molar refractivity (Wildman–Crippen MR) is 138 cm³/mol. The second-order valence-corrected chi connectivity index (χ2v) is 11.9. The van der Waals surface area contributed by atoms with Gasteiger partial charge in [0.2, 0.25) is 0 Å². The lowest BCUT2D eigenvalue weighted by Crippen LogP contribution is -2.32. The van der Waals surface area contributed by atoms with E-state index in [1.165, 1.54) is 25.1 Å². The van der Waals surface area contributed by atoms with Crippen molar-refractivity contribution >= 4 is 27.7 Å². The van der Waals surface area contributed by atoms with E-state index in [-0.39, 0.29) is 27.0 Å². The van der Waals surface area contributed by atoms with Gasteiger partial charge in [0, 0.05) is 11.1 Å². The Bertz CT molecular complexity index is 1630. The molecule has 0 aromatic heterocycles. The number of carbonyl (C=O) groups is 1. The average Bonchev–Trinajstić information content (AvgIpc) is 3.33. The number of cyclic esters (lactones) is 1. The van der Waals surface area contributed by atoms with Gasteiger partial charge in [-0.05, 0) is 48.4 Å². The van der Waals surface area contributed by atoms with Crippen molar-refractivity contribution in [3.8, 4) is 0 Å². The molecule has 0 spiro atoms. The summed E-state index contributed by atoms with van der Waals surface area (Å²) in [5.41, 5.74) is -6.11. The highest BCUT2D eigenvalue weighted by Crippen LogP contribution is 2.66. The number of hydrogen-bond donors (Lipinski definition) is 2. The fourth-order valence-electron chi connectivity index (χ4n) is 5.25. The van der Waals surface area contributed by atoms with E-state index in [2.05, 4.69) is 0 Å². The number of ether oxygens (including phenoxy) is 1. The van der Waals surface area contributed by atoms with Gasteiger partial charge in [0.15, 0.2) is 0 Å². The minimum atomic E-state index is -5.49. The van der Waals surface area contributed by atoms with Crippen LogP contribution in [-0.4, -0.2) is 26.1 Å². The Balaban J connectivity index is 1.58. The Hall–Kier alpha value is -3.69. The van der Waals surface area contributed by atoms with E-state index < -0.39 is 76.2 Å². The minimum absolute atomic E-state index is 0.0808. The van der Waals surface area contributed by atoms with Crippen LogP contribution in [0.1, 0.15) is 52.0 Å². The monoisotopic (exact) mass is 637 g/mol. The second-order valence-electron chi connectivity index (χ2n) is 9.90. The first-order valence-corrected chi connectivity index (χ1v) is 13.9. The van der Waals surface area contributed by atoms with E-state index in [0.717, 1.165) is 23.1 Å². The number of hydrogen-bond acceptors (Lipinski definition) is 4. The van der Waals surface area contributed by atoms with Crippen LogP contribution in [0, 0.1) is 0 Å². The van der Waals surface area contributed by atoms with Crippen molar-refractivity contribution in [1.29, 1.82) is 0 Å². The Morgan fingerprint density at radius 1 is 0.860 bits per heavy atom. The first kappa shape index (κ1) is 30.8. The van der Waals surface area contributed by atoms with E-state index in [1.807, 2.05) is 0 Å². The van der Waals surface area contributed by atoms with E-state index in [1.54, 1.807) is 12.1 Å². The van der Waals surface area contributed by atoms with Gasteiger partial charge in [-0.1, -0.05) is 36.4 Å². The molecule has 2 atom stereocenters. The van der Waals surface area contributed by atoms with Crippen LogP contribution in [0.4, 0.5) is 44.3 Å². The molecule has 0 aliphatic carbocycles. The lowest BCUT2D eigenvalue weighted by atomic mass is 9.93. The van der Waals surface area contributed by atoms with Crippen molar-refractivity contribution in [2.24, 2.45) is 0 Å². The summed E-state index contributed by atoms with van der Waals surface area (Å²) in [5.74, 6) is 0. The number of carbonyl (C=O) groups excluding carboxylic acids is 1. The van der Waals surface area contributed by atoms with Crippen molar-refractivity contribution in [1.82, 2.24) is 4.90 Å². The summed E-state index contributed by atoms with van der Waals surface area (Å²) in [5, 5.41) is 0. The number of benzene rings is 3. The van der Waals surface area contributed by atoms with Gasteiger partial charge in [0.05, 0.1) is 39.1 Å². The second kappa shape index (κ2) is 10.2. The van der Waals surface area contributed by atoms with Crippen LogP contribution in [0.25, 0.3) is 11.0 Å². The van der Waals surface area contributed by atoms with Gasteiger partial charge in [-0.3, -0.25) is 14.0 Å². The molecule has 0 bridgehead atoms. The van der Waals surface area contributed by atoms with Gasteiger partial charge in [0.1, 0.15) is 6.10 Å². The maximum absolute atomic E-state index is 13.9. The smallest absolute Gasteiger partial charge is 0.417 e. The van der Waals surface area contributed by atoms with E-state index >= 15 is 0 Å². The zero-order valence-electron chi connectivity index (χ0n) is 21.7. The third-order valence-corrected chi connectivity index (χ3v) is 9.18. The molecular formula is C28H20F9NO4S. The SMILES string of the molecule is C[C@H]1[C@@H](c2cccc(C(F)(F)F)c2C(F)(F)F)OC(=O)N1Cc1cc(C(F)(F)F)ccc1C1=Cc2ccccc2S1(O)O. The summed E-state index contributed by atoms with van der Waals surface area (Å²) in [6.07, 6.45) is -17.5. The molecule has 2 N–H and O–H groups in total. The molecule has 43 heavy (non-hydrogen) atoms. The van der Waals surface area contributed by atoms with Crippen LogP contribution >= 0.6 is 10.6 Å². The Labute approximate surface area is 239 Å². The average molecular weight is 638 g/mol. The molecule has 2 aliphatic heterocycles. The molecule has 0 radical (unpaired) electrons. The van der Waals surface area contributed by atoms with Crippen LogP contribution in [0.15, 0.2) is 65.6 Å². The summed E-state index contributed by atoms with van der Waals surface area (Å²) in [6, 6.07) is 8.79. The number of halogens is 9. The van der Waals surface area contributed by atoms with Gasteiger partial charge in [0.25, 0.3) is 0 Å². The number of rotatable bonds is 4. The Kier molecular flexibility index (Phi) is 7.30. The molecule has 3 aromatic carbocycles. The number of nitrogens with zero attached hydrogens (tertiary/aromatic N) is 1. The normalized spacial score (nSPS) is 21.0. The van der Waals surface area contributed by atoms with Crippen LogP contribution in [0.3, 0.4) is 0 Å². The molecule has 1 amide bonds. The quantitative estimate of drug-likeness (QED) is 0.280. The lowest BCUT2D eigenvalue weighted by molar-refractivity contribution is -0.163. The number of alkyl halides is 9. The van der Waals surface area contributed by atoms with Crippen LogP contribution in [0.2, 0.25) is 0 Å². The molecule has 1 saturated heterocycles. The van der Waals surface area contributed by atoms with Crippen molar-refractivity contribution in [2.75, 3.05) is 0 Å². The highest BCUT2D eigenvalue weighted by atomic mass is 32.3. The minimum Gasteiger partial charge on any atom is -0.439 e. The van der Waals surface area contributed by atoms with Crippen LogP contribution in [0.5, 0.6) is 0 Å². The maximum Gasteiger partial charge on any atom is 0.417 e. The number of fused-ring (bicyclic) bond motifs is 1. The predicted octanol–water partition coefficient (Wildman–Crippen LogP) is 9.45. The summed E-state index contributed by atoms with van der Waals surface area (Å²) in [6.45, 7) is 0.473. The molecule has 230 valence electrons. The molecular weight excluding hydrogens is 617 g/mol. The van der Waals surface area contributed by atoms with Gasteiger partial charge >= 0.3 is 24.6 Å². The first-order chi connectivity index (χ1) is 19.8. The maximum atomic E-state index is 13.9. The van der Waals surface area contributed by atoms with Crippen LogP contribution in [-0.2, 0) is 29.8 Å². The molecule has 0 saturated carbocycles. The van der Waals surface area contributed by atoms with E-state index in [0.29, 0.717) is 17.7 Å². The van der Waals surface area contributed by atoms with Crippen LogP contribution < -0.4 is 0 Å². The van der Waals surface area contributed by atoms with E-state index in [9.17, 15) is 53.4 Å². The largest absolute Gasteiger partial charge is 0.439 e. The summed E-state index contributed by atoms with van der Waals surface area (Å²) >= 11 is 0. The van der Waals surface area contributed by atoms with Crippen molar-refractivity contribution in [3.05, 3.63) is 99.6 Å². The molecule has 5 nitrogen and oxygen atoms in total. The molecule has 5 rings (SSSR count). The van der Waals surface area contributed by atoms with Crippen molar-refractivity contribution in [3.63, 3.8) is 0 Å². The first-order valence-electron chi connectivity index (χ1n) is 12.4. The van der Waals surface area contributed by atoms with Gasteiger partial charge in [-0.2, -0.15) is 39.5 Å². The van der Waals surface area contributed by atoms with Crippen molar-refractivity contribution in [2.45, 2.75) is 49.0 Å². The zero-order valence-corrected chi connectivity index (χ0v) is 22.5. The highest BCUT2D eigenvalue weighted by Gasteiger charge is 2.49. The molecule has 15 heteroatoms. The van der Waals surface area contributed by atoms with E-state index in [4.69, 9.17) is 4.74 Å². The molecule has 0 unspecified atom stereocenters. The summed E-state index contributed by atoms with van der Waals surface area (Å²) in [7, 11) is -3.71. The summed E-state index contributed by atoms with van der Waals surface area (Å²) < 4.78 is 150. The Morgan fingerprint density at radius 3 is 2.14 bits per heavy atom. The molecule has 1 fully saturated rings. The third-order valence-electron chi connectivity index (χ3n) is 7.24. The number of amides is 1. The lowest BCUT2D eigenvalue weighted by Gasteiger charge is -2.33. The topological polar surface area (TPSA) is 70.0 Å². The third kappa shape index (κ3) is 5.45. The van der Waals surface area contributed by atoms with Gasteiger partial charge < -0.3 is 4.74 Å². The van der Waals surface area contributed by atoms with Gasteiger partial charge in [-0.15, -0.1) is 10.6 Å². The van der Waals surface area contributed by atoms with Crippen molar-refractivity contribution < 1.29 is 58.2 Å². The highest BCUT2D eigenvalue weighted by molar-refractivity contribution is 8.32. The fraction of sp³-hybridized carbons (Fsp3) is 0.250. The molecule has 2 heterocycles.